The summed E-state index contributed by atoms with van der Waals surface area (Å²) in [5, 5.41) is 11.1. The number of nitrogens with zero attached hydrogens (tertiary/aromatic N) is 3. The Morgan fingerprint density at radius 3 is 2.38 bits per heavy atom. The van der Waals surface area contributed by atoms with E-state index in [0.29, 0.717) is 11.8 Å². The van der Waals surface area contributed by atoms with Crippen LogP contribution >= 0.6 is 0 Å². The van der Waals surface area contributed by atoms with Crippen molar-refractivity contribution in [3.8, 4) is 5.75 Å². The number of piperidine rings is 2. The van der Waals surface area contributed by atoms with E-state index < -0.39 is 0 Å². The summed E-state index contributed by atoms with van der Waals surface area (Å²) in [5.41, 5.74) is 2.05. The number of ether oxygens (including phenoxy) is 1. The maximum absolute atomic E-state index is 11.1. The van der Waals surface area contributed by atoms with Gasteiger partial charge in [-0.2, -0.15) is 0 Å². The molecule has 0 amide bonds. The Hall–Kier alpha value is -1.82. The maximum atomic E-state index is 11.1. The Morgan fingerprint density at radius 2 is 1.79 bits per heavy atom. The summed E-state index contributed by atoms with van der Waals surface area (Å²) in [6.07, 6.45) is 6.37. The van der Waals surface area contributed by atoms with Gasteiger partial charge in [0.1, 0.15) is 0 Å². The lowest BCUT2D eigenvalue weighted by molar-refractivity contribution is -0.385. The third-order valence-corrected chi connectivity index (χ3v) is 5.41. The molecule has 2 saturated heterocycles. The highest BCUT2D eigenvalue weighted by Crippen LogP contribution is 2.36. The number of rotatable bonds is 4. The molecule has 0 radical (unpaired) electrons. The van der Waals surface area contributed by atoms with Crippen LogP contribution in [0.2, 0.25) is 0 Å². The molecule has 2 aliphatic heterocycles. The van der Waals surface area contributed by atoms with Gasteiger partial charge in [0.25, 0.3) is 0 Å². The van der Waals surface area contributed by atoms with Crippen LogP contribution in [0.4, 0.5) is 11.4 Å². The summed E-state index contributed by atoms with van der Waals surface area (Å²) >= 11 is 0. The largest absolute Gasteiger partial charge is 0.490 e. The smallest absolute Gasteiger partial charge is 0.311 e. The van der Waals surface area contributed by atoms with Gasteiger partial charge >= 0.3 is 5.69 Å². The van der Waals surface area contributed by atoms with Crippen LogP contribution in [-0.4, -0.2) is 49.2 Å². The lowest BCUT2D eigenvalue weighted by atomic mass is 9.99. The molecule has 132 valence electrons. The summed E-state index contributed by atoms with van der Waals surface area (Å²) in [6, 6.07) is 4.15. The molecule has 0 aliphatic carbocycles. The molecule has 0 atom stereocenters. The van der Waals surface area contributed by atoms with Gasteiger partial charge in [-0.3, -0.25) is 10.1 Å². The van der Waals surface area contributed by atoms with E-state index in [2.05, 4.69) is 9.80 Å². The molecule has 1 aromatic rings. The van der Waals surface area contributed by atoms with Crippen LogP contribution in [0.5, 0.6) is 5.75 Å². The van der Waals surface area contributed by atoms with Crippen LogP contribution in [0.1, 0.15) is 37.7 Å². The Kier molecular flexibility index (Phi) is 5.23. The Bertz CT molecular complexity index is 591. The van der Waals surface area contributed by atoms with Crippen LogP contribution in [0, 0.1) is 17.0 Å². The van der Waals surface area contributed by atoms with Crippen molar-refractivity contribution in [2.24, 2.45) is 0 Å². The fourth-order valence-corrected chi connectivity index (χ4v) is 4.06. The SMILES string of the molecule is COc1cc(N2CCC(N3CCCCC3)CC2)c(C)cc1[N+](=O)[O-]. The van der Waals surface area contributed by atoms with Gasteiger partial charge in [0.05, 0.1) is 12.0 Å². The minimum Gasteiger partial charge on any atom is -0.490 e. The quantitative estimate of drug-likeness (QED) is 0.624. The average Bonchev–Trinajstić information content (AvgIpc) is 2.62. The molecular weight excluding hydrogens is 306 g/mol. The summed E-state index contributed by atoms with van der Waals surface area (Å²) < 4.78 is 5.23. The van der Waals surface area contributed by atoms with Crippen molar-refractivity contribution in [3.05, 3.63) is 27.8 Å². The molecule has 3 rings (SSSR count). The van der Waals surface area contributed by atoms with Gasteiger partial charge in [-0.1, -0.05) is 6.42 Å². The van der Waals surface area contributed by atoms with E-state index >= 15 is 0 Å². The highest BCUT2D eigenvalue weighted by molar-refractivity contribution is 5.64. The molecule has 0 N–H and O–H groups in total. The zero-order chi connectivity index (χ0) is 17.1. The van der Waals surface area contributed by atoms with Crippen molar-refractivity contribution in [3.63, 3.8) is 0 Å². The highest BCUT2D eigenvalue weighted by atomic mass is 16.6. The predicted molar refractivity (Wildman–Crippen MR) is 95.0 cm³/mol. The van der Waals surface area contributed by atoms with E-state index in [1.165, 1.54) is 52.3 Å². The molecule has 0 unspecified atom stereocenters. The lowest BCUT2D eigenvalue weighted by Crippen LogP contribution is -2.46. The predicted octanol–water partition coefficient (Wildman–Crippen LogP) is 3.37. The van der Waals surface area contributed by atoms with E-state index in [-0.39, 0.29) is 10.6 Å². The summed E-state index contributed by atoms with van der Waals surface area (Å²) in [4.78, 5) is 15.8. The fourth-order valence-electron chi connectivity index (χ4n) is 4.06. The van der Waals surface area contributed by atoms with Crippen LogP contribution in [-0.2, 0) is 0 Å². The zero-order valence-electron chi connectivity index (χ0n) is 14.7. The third kappa shape index (κ3) is 3.48. The fraction of sp³-hybridized carbons (Fsp3) is 0.667. The molecule has 24 heavy (non-hydrogen) atoms. The zero-order valence-corrected chi connectivity index (χ0v) is 14.7. The summed E-state index contributed by atoms with van der Waals surface area (Å²) in [7, 11) is 1.49. The maximum Gasteiger partial charge on any atom is 0.311 e. The molecule has 2 aliphatic rings. The number of hydrogen-bond acceptors (Lipinski definition) is 5. The molecule has 0 aromatic heterocycles. The number of benzene rings is 1. The van der Waals surface area contributed by atoms with Crippen LogP contribution < -0.4 is 9.64 Å². The number of nitro groups is 1. The summed E-state index contributed by atoms with van der Waals surface area (Å²) in [5.74, 6) is 0.346. The van der Waals surface area contributed by atoms with E-state index in [1.807, 2.05) is 13.0 Å². The van der Waals surface area contributed by atoms with Gasteiger partial charge in [-0.25, -0.2) is 0 Å². The lowest BCUT2D eigenvalue weighted by Gasteiger charge is -2.41. The van der Waals surface area contributed by atoms with E-state index in [4.69, 9.17) is 4.74 Å². The molecule has 2 fully saturated rings. The second kappa shape index (κ2) is 7.38. The molecule has 0 spiro atoms. The summed E-state index contributed by atoms with van der Waals surface area (Å²) in [6.45, 7) is 6.44. The molecule has 1 aromatic carbocycles. The standard InChI is InChI=1S/C18H27N3O3/c1-14-12-17(21(22)23)18(24-2)13-16(14)20-10-6-15(7-11-20)19-8-4-3-5-9-19/h12-13,15H,3-11H2,1-2H3. The van der Waals surface area contributed by atoms with Gasteiger partial charge in [-0.05, 0) is 51.3 Å². The van der Waals surface area contributed by atoms with Crippen molar-refractivity contribution in [2.45, 2.75) is 45.1 Å². The highest BCUT2D eigenvalue weighted by Gasteiger charge is 2.27. The van der Waals surface area contributed by atoms with E-state index in [1.54, 1.807) is 6.07 Å². The second-order valence-electron chi connectivity index (χ2n) is 6.88. The van der Waals surface area contributed by atoms with Gasteiger partial charge in [0, 0.05) is 37.0 Å². The first-order valence-corrected chi connectivity index (χ1v) is 8.92. The monoisotopic (exact) mass is 333 g/mol. The van der Waals surface area contributed by atoms with E-state index in [0.717, 1.165) is 24.3 Å². The number of hydrogen-bond donors (Lipinski definition) is 0. The van der Waals surface area contributed by atoms with Crippen molar-refractivity contribution >= 4 is 11.4 Å². The van der Waals surface area contributed by atoms with Crippen LogP contribution in [0.3, 0.4) is 0 Å². The first-order chi connectivity index (χ1) is 11.6. The molecule has 0 bridgehead atoms. The normalized spacial score (nSPS) is 20.2. The van der Waals surface area contributed by atoms with E-state index in [9.17, 15) is 10.1 Å². The molecule has 6 heteroatoms. The molecular formula is C18H27N3O3. The van der Waals surface area contributed by atoms with Crippen molar-refractivity contribution in [1.29, 1.82) is 0 Å². The Labute approximate surface area is 143 Å². The number of nitro benzene ring substituents is 1. The minimum absolute atomic E-state index is 0.0435. The van der Waals surface area contributed by atoms with Crippen molar-refractivity contribution in [2.75, 3.05) is 38.2 Å². The first kappa shape index (κ1) is 17.0. The third-order valence-electron chi connectivity index (χ3n) is 5.41. The first-order valence-electron chi connectivity index (χ1n) is 8.92. The molecule has 0 saturated carbocycles. The Morgan fingerprint density at radius 1 is 1.12 bits per heavy atom. The van der Waals surface area contributed by atoms with Gasteiger partial charge in [0.2, 0.25) is 0 Å². The molecule has 2 heterocycles. The average molecular weight is 333 g/mol. The van der Waals surface area contributed by atoms with Crippen molar-refractivity contribution in [1.82, 2.24) is 4.90 Å². The van der Waals surface area contributed by atoms with Gasteiger partial charge in [0.15, 0.2) is 5.75 Å². The van der Waals surface area contributed by atoms with Gasteiger partial charge < -0.3 is 14.5 Å². The minimum atomic E-state index is -0.377. The van der Waals surface area contributed by atoms with Crippen LogP contribution in [0.25, 0.3) is 0 Å². The molecule has 6 nitrogen and oxygen atoms in total. The second-order valence-corrected chi connectivity index (χ2v) is 6.88. The van der Waals surface area contributed by atoms with Gasteiger partial charge in [-0.15, -0.1) is 0 Å². The van der Waals surface area contributed by atoms with Crippen LogP contribution in [0.15, 0.2) is 12.1 Å². The van der Waals surface area contributed by atoms with Crippen molar-refractivity contribution < 1.29 is 9.66 Å². The number of aryl methyl sites for hydroxylation is 1. The number of anilines is 1. The number of methoxy groups -OCH3 is 1. The number of likely N-dealkylation sites (tertiary alicyclic amines) is 1. The topological polar surface area (TPSA) is 58.8 Å². The Balaban J connectivity index is 1.70.